The summed E-state index contributed by atoms with van der Waals surface area (Å²) in [6, 6.07) is 9.91. The van der Waals surface area contributed by atoms with E-state index >= 15 is 0 Å². The molecule has 10 heteroatoms. The molecule has 1 aromatic carbocycles. The third kappa shape index (κ3) is 4.12. The summed E-state index contributed by atoms with van der Waals surface area (Å²) in [5.74, 6) is -0.743. The van der Waals surface area contributed by atoms with E-state index in [1.807, 2.05) is 6.07 Å². The number of methoxy groups -OCH3 is 1. The van der Waals surface area contributed by atoms with Gasteiger partial charge in [0.1, 0.15) is 6.07 Å². The minimum absolute atomic E-state index is 0.00362. The summed E-state index contributed by atoms with van der Waals surface area (Å²) in [6.07, 6.45) is 2.96. The molecule has 0 bridgehead atoms. The second-order valence-electron chi connectivity index (χ2n) is 6.22. The molecule has 9 nitrogen and oxygen atoms in total. The lowest BCUT2D eigenvalue weighted by Crippen LogP contribution is -2.19. The Morgan fingerprint density at radius 2 is 2.10 bits per heavy atom. The smallest absolute Gasteiger partial charge is 0.357 e. The van der Waals surface area contributed by atoms with Gasteiger partial charge in [0.25, 0.3) is 10.0 Å². The van der Waals surface area contributed by atoms with Crippen molar-refractivity contribution in [2.24, 2.45) is 0 Å². The van der Waals surface area contributed by atoms with Crippen molar-refractivity contribution in [2.45, 2.75) is 18.4 Å². The number of carbonyl (C=O) groups excluding carboxylic acids is 1. The van der Waals surface area contributed by atoms with Crippen molar-refractivity contribution in [3.63, 3.8) is 0 Å². The molecule has 2 heterocycles. The molecule has 3 rings (SSSR count). The van der Waals surface area contributed by atoms with Crippen molar-refractivity contribution < 1.29 is 22.7 Å². The molecule has 0 aliphatic carbocycles. The number of ether oxygens (including phenoxy) is 2. The van der Waals surface area contributed by atoms with Gasteiger partial charge in [-0.15, -0.1) is 0 Å². The molecule has 2 aromatic heterocycles. The molecular weight excluding hydrogens is 408 g/mol. The average Bonchev–Trinajstić information content (AvgIpc) is 3.08. The lowest BCUT2D eigenvalue weighted by molar-refractivity contribution is 0.0513. The summed E-state index contributed by atoms with van der Waals surface area (Å²) in [7, 11) is -2.65. The maximum absolute atomic E-state index is 13.2. The predicted octanol–water partition coefficient (Wildman–Crippen LogP) is 2.53. The number of hydrogen-bond donors (Lipinski definition) is 1. The summed E-state index contributed by atoms with van der Waals surface area (Å²) in [6.45, 7) is 2.22. The highest BCUT2D eigenvalue weighted by atomic mass is 32.2. The van der Waals surface area contributed by atoms with Crippen LogP contribution in [-0.2, 0) is 26.0 Å². The first kappa shape index (κ1) is 21.3. The lowest BCUT2D eigenvalue weighted by Gasteiger charge is -2.13. The molecule has 0 aliphatic rings. The molecule has 0 saturated heterocycles. The van der Waals surface area contributed by atoms with Gasteiger partial charge in [-0.3, -0.25) is 9.71 Å². The van der Waals surface area contributed by atoms with Gasteiger partial charge in [0.2, 0.25) is 0 Å². The van der Waals surface area contributed by atoms with E-state index < -0.39 is 16.0 Å². The fourth-order valence-corrected chi connectivity index (χ4v) is 4.33. The summed E-state index contributed by atoms with van der Waals surface area (Å²) >= 11 is 0. The maximum atomic E-state index is 13.2. The van der Waals surface area contributed by atoms with Crippen molar-refractivity contribution in [1.82, 2.24) is 9.55 Å². The van der Waals surface area contributed by atoms with E-state index in [1.54, 1.807) is 37.4 Å². The second kappa shape index (κ2) is 8.94. The van der Waals surface area contributed by atoms with E-state index in [2.05, 4.69) is 9.71 Å². The third-order valence-corrected chi connectivity index (χ3v) is 5.74. The van der Waals surface area contributed by atoms with E-state index in [0.717, 1.165) is 0 Å². The van der Waals surface area contributed by atoms with Crippen molar-refractivity contribution in [3.05, 3.63) is 54.0 Å². The highest BCUT2D eigenvalue weighted by Crippen LogP contribution is 2.29. The minimum atomic E-state index is -4.14. The van der Waals surface area contributed by atoms with Crippen molar-refractivity contribution in [3.8, 4) is 6.07 Å². The molecule has 0 atom stereocenters. The zero-order chi connectivity index (χ0) is 21.7. The Bertz CT molecular complexity index is 1220. The van der Waals surface area contributed by atoms with Gasteiger partial charge >= 0.3 is 5.97 Å². The van der Waals surface area contributed by atoms with Crippen LogP contribution >= 0.6 is 0 Å². The first-order chi connectivity index (χ1) is 14.4. The Morgan fingerprint density at radius 1 is 1.30 bits per heavy atom. The molecular formula is C20H20N4O5S. The standard InChI is InChI=1S/C20H20N4O5S/c1-3-29-20(25)19-18(14(12-21)13-24(19)10-11-28-2)23-30(26,27)17-8-4-7-16-15(17)6-5-9-22-16/h4-9,13,23H,3,10-11H2,1-2H3. The van der Waals surface area contributed by atoms with Crippen LogP contribution in [0.3, 0.4) is 0 Å². The van der Waals surface area contributed by atoms with Gasteiger partial charge in [-0.05, 0) is 31.2 Å². The fraction of sp³-hybridized carbons (Fsp3) is 0.250. The molecule has 30 heavy (non-hydrogen) atoms. The molecule has 0 saturated carbocycles. The molecule has 156 valence electrons. The highest BCUT2D eigenvalue weighted by molar-refractivity contribution is 7.93. The SMILES string of the molecule is CCOC(=O)c1c(NS(=O)(=O)c2cccc3ncccc23)c(C#N)cn1CCOC. The molecule has 0 spiro atoms. The summed E-state index contributed by atoms with van der Waals surface area (Å²) in [5.41, 5.74) is 0.306. The number of nitrogens with one attached hydrogen (secondary N) is 1. The maximum Gasteiger partial charge on any atom is 0.357 e. The fourth-order valence-electron chi connectivity index (χ4n) is 3.03. The van der Waals surface area contributed by atoms with Gasteiger partial charge in [-0.1, -0.05) is 6.07 Å². The number of sulfonamides is 1. The van der Waals surface area contributed by atoms with Gasteiger partial charge in [0, 0.05) is 31.4 Å². The Morgan fingerprint density at radius 3 is 2.80 bits per heavy atom. The topological polar surface area (TPSA) is 123 Å². The van der Waals surface area contributed by atoms with Gasteiger partial charge in [0.05, 0.1) is 34.9 Å². The number of esters is 1. The molecule has 1 N–H and O–H groups in total. The first-order valence-electron chi connectivity index (χ1n) is 9.08. The Kier molecular flexibility index (Phi) is 6.34. The van der Waals surface area contributed by atoms with Gasteiger partial charge < -0.3 is 14.0 Å². The number of nitrogens with zero attached hydrogens (tertiary/aromatic N) is 3. The third-order valence-electron chi connectivity index (χ3n) is 4.34. The Hall–Kier alpha value is -3.42. The number of aromatic nitrogens is 2. The number of anilines is 1. The quantitative estimate of drug-likeness (QED) is 0.547. The van der Waals surface area contributed by atoms with E-state index in [0.29, 0.717) is 10.9 Å². The predicted molar refractivity (Wildman–Crippen MR) is 110 cm³/mol. The van der Waals surface area contributed by atoms with Crippen LogP contribution in [0, 0.1) is 11.3 Å². The lowest BCUT2D eigenvalue weighted by atomic mass is 10.2. The van der Waals surface area contributed by atoms with Crippen molar-refractivity contribution >= 4 is 32.6 Å². The van der Waals surface area contributed by atoms with Crippen LogP contribution in [0.5, 0.6) is 0 Å². The number of rotatable bonds is 8. The first-order valence-corrected chi connectivity index (χ1v) is 10.6. The average molecular weight is 428 g/mol. The number of fused-ring (bicyclic) bond motifs is 1. The van der Waals surface area contributed by atoms with E-state index in [9.17, 15) is 18.5 Å². The van der Waals surface area contributed by atoms with E-state index in [-0.39, 0.29) is 41.6 Å². The summed E-state index contributed by atoms with van der Waals surface area (Å²) < 4.78 is 40.4. The number of nitriles is 1. The minimum Gasteiger partial charge on any atom is -0.461 e. The highest BCUT2D eigenvalue weighted by Gasteiger charge is 2.28. The summed E-state index contributed by atoms with van der Waals surface area (Å²) in [4.78, 5) is 16.7. The van der Waals surface area contributed by atoms with Crippen LogP contribution in [0.15, 0.2) is 47.6 Å². The largest absolute Gasteiger partial charge is 0.461 e. The van der Waals surface area contributed by atoms with Crippen LogP contribution in [0.2, 0.25) is 0 Å². The van der Waals surface area contributed by atoms with Crippen LogP contribution in [0.4, 0.5) is 5.69 Å². The van der Waals surface area contributed by atoms with Crippen LogP contribution < -0.4 is 4.72 Å². The van der Waals surface area contributed by atoms with E-state index in [1.165, 1.54) is 23.9 Å². The number of pyridine rings is 1. The molecule has 0 unspecified atom stereocenters. The Balaban J connectivity index is 2.13. The second-order valence-corrected chi connectivity index (χ2v) is 7.87. The van der Waals surface area contributed by atoms with Gasteiger partial charge in [-0.2, -0.15) is 5.26 Å². The van der Waals surface area contributed by atoms with Gasteiger partial charge in [-0.25, -0.2) is 13.2 Å². The van der Waals surface area contributed by atoms with Crippen molar-refractivity contribution in [2.75, 3.05) is 25.0 Å². The van der Waals surface area contributed by atoms with Crippen molar-refractivity contribution in [1.29, 1.82) is 5.26 Å². The normalized spacial score (nSPS) is 11.2. The number of carbonyl (C=O) groups is 1. The van der Waals surface area contributed by atoms with Crippen LogP contribution in [-0.4, -0.2) is 44.3 Å². The zero-order valence-electron chi connectivity index (χ0n) is 16.5. The van der Waals surface area contributed by atoms with Gasteiger partial charge in [0.15, 0.2) is 5.69 Å². The molecule has 0 radical (unpaired) electrons. The number of benzene rings is 1. The molecule has 0 aliphatic heterocycles. The molecule has 3 aromatic rings. The Labute approximate surface area is 173 Å². The molecule has 0 fully saturated rings. The van der Waals surface area contributed by atoms with E-state index in [4.69, 9.17) is 9.47 Å². The monoisotopic (exact) mass is 428 g/mol. The molecule has 0 amide bonds. The van der Waals surface area contributed by atoms with Crippen LogP contribution in [0.25, 0.3) is 10.9 Å². The summed E-state index contributed by atoms with van der Waals surface area (Å²) in [5, 5.41) is 9.96. The number of hydrogen-bond acceptors (Lipinski definition) is 7. The van der Waals surface area contributed by atoms with Crippen LogP contribution in [0.1, 0.15) is 23.0 Å². The zero-order valence-corrected chi connectivity index (χ0v) is 17.3.